The number of hydrogen-bond acceptors (Lipinski definition) is 13. The van der Waals surface area contributed by atoms with E-state index in [4.69, 9.17) is 36.3 Å². The summed E-state index contributed by atoms with van der Waals surface area (Å²) in [6, 6.07) is 17.3. The molecule has 1 saturated heterocycles. The number of hydrogen-bond donors (Lipinski definition) is 2. The number of aliphatic hydroxyl groups is 1. The first-order valence-electron chi connectivity index (χ1n) is 22.0. The first-order chi connectivity index (χ1) is 31.4. The summed E-state index contributed by atoms with van der Waals surface area (Å²) < 4.78 is 22.9. The van der Waals surface area contributed by atoms with E-state index in [0.717, 1.165) is 34.0 Å². The second-order valence-electron chi connectivity index (χ2n) is 16.0. The van der Waals surface area contributed by atoms with Crippen LogP contribution in [0.3, 0.4) is 0 Å². The molecule has 2 unspecified atom stereocenters. The minimum atomic E-state index is -1.34. The zero-order chi connectivity index (χ0) is 46.6. The van der Waals surface area contributed by atoms with Gasteiger partial charge in [0.2, 0.25) is 5.91 Å². The number of nitrogens with zero attached hydrogens (tertiary/aromatic N) is 5. The number of primary amides is 1. The molecule has 0 radical (unpaired) electrons. The Kier molecular flexibility index (Phi) is 17.9. The number of rotatable bonds is 17. The van der Waals surface area contributed by atoms with Gasteiger partial charge in [-0.1, -0.05) is 55.0 Å². The monoisotopic (exact) mass is 950 g/mol. The van der Waals surface area contributed by atoms with Crippen molar-refractivity contribution >= 4 is 79.3 Å². The van der Waals surface area contributed by atoms with Crippen molar-refractivity contribution in [2.24, 2.45) is 5.73 Å². The second-order valence-corrected chi connectivity index (χ2v) is 19.0. The third-order valence-electron chi connectivity index (χ3n) is 11.7. The van der Waals surface area contributed by atoms with Crippen LogP contribution in [0.1, 0.15) is 81.1 Å². The molecule has 7 rings (SSSR count). The molecular formula is C47H59ClN6O9S2. The van der Waals surface area contributed by atoms with Crippen LogP contribution in [-0.2, 0) is 9.53 Å². The molecule has 4 aromatic rings. The van der Waals surface area contributed by atoms with E-state index in [-0.39, 0.29) is 59.6 Å². The van der Waals surface area contributed by atoms with Gasteiger partial charge in [-0.25, -0.2) is 19.5 Å². The van der Waals surface area contributed by atoms with Crippen molar-refractivity contribution in [2.45, 2.75) is 87.8 Å². The van der Waals surface area contributed by atoms with Crippen LogP contribution >= 0.6 is 33.2 Å². The quantitative estimate of drug-likeness (QED) is 0.0585. The molecule has 15 nitrogen and oxygen atoms in total. The maximum Gasteiger partial charge on any atom is 0.416 e. The summed E-state index contributed by atoms with van der Waals surface area (Å²) in [6.07, 6.45) is 1.96. The third kappa shape index (κ3) is 11.9. The Hall–Kier alpha value is -4.94. The molecule has 3 aliphatic heterocycles. The van der Waals surface area contributed by atoms with Gasteiger partial charge in [0, 0.05) is 60.3 Å². The molecule has 65 heavy (non-hydrogen) atoms. The number of anilines is 2. The minimum absolute atomic E-state index is 0.0610. The predicted octanol–water partition coefficient (Wildman–Crippen LogP) is 8.68. The number of amides is 4. The highest BCUT2D eigenvalue weighted by Crippen LogP contribution is 2.46. The average Bonchev–Trinajstić information content (AvgIpc) is 3.95. The van der Waals surface area contributed by atoms with Crippen LogP contribution < -0.4 is 29.7 Å². The van der Waals surface area contributed by atoms with Crippen molar-refractivity contribution in [3.8, 4) is 17.2 Å². The number of methoxy groups -OCH3 is 1. The molecule has 0 aliphatic carbocycles. The van der Waals surface area contributed by atoms with Gasteiger partial charge in [-0.3, -0.25) is 9.59 Å². The maximum absolute atomic E-state index is 13.9. The topological polar surface area (TPSA) is 177 Å². The van der Waals surface area contributed by atoms with E-state index in [1.165, 1.54) is 28.7 Å². The Morgan fingerprint density at radius 3 is 2.42 bits per heavy atom. The molecule has 0 spiro atoms. The molecule has 1 fully saturated rings. The Balaban J connectivity index is 0.00000109. The fourth-order valence-corrected chi connectivity index (χ4v) is 10.2. The van der Waals surface area contributed by atoms with Gasteiger partial charge in [0.15, 0.2) is 17.7 Å². The van der Waals surface area contributed by atoms with Crippen molar-refractivity contribution in [3.63, 3.8) is 0 Å². The van der Waals surface area contributed by atoms with Crippen molar-refractivity contribution in [2.75, 3.05) is 69.2 Å². The summed E-state index contributed by atoms with van der Waals surface area (Å²) in [5.41, 5.74) is 7.33. The normalized spacial score (nSPS) is 18.0. The van der Waals surface area contributed by atoms with Gasteiger partial charge in [-0.05, 0) is 99.1 Å². The molecule has 1 aromatic heterocycles. The number of carbonyl (C=O) groups is 4. The first kappa shape index (κ1) is 49.5. The molecule has 350 valence electrons. The number of carbonyl (C=O) groups excluding carboxylic acids is 4. The maximum atomic E-state index is 13.9. The summed E-state index contributed by atoms with van der Waals surface area (Å²) in [5, 5.41) is 13.9. The van der Waals surface area contributed by atoms with E-state index >= 15 is 0 Å². The highest BCUT2D eigenvalue weighted by molar-refractivity contribution is 8.76. The molecule has 3 aromatic carbocycles. The highest BCUT2D eigenvalue weighted by atomic mass is 35.5. The third-order valence-corrected chi connectivity index (χ3v) is 14.8. The van der Waals surface area contributed by atoms with Crippen LogP contribution in [0.5, 0.6) is 17.2 Å². The van der Waals surface area contributed by atoms with Gasteiger partial charge >= 0.3 is 12.2 Å². The van der Waals surface area contributed by atoms with Crippen molar-refractivity contribution < 1.29 is 43.2 Å². The zero-order valence-corrected chi connectivity index (χ0v) is 40.0. The Morgan fingerprint density at radius 2 is 1.74 bits per heavy atom. The van der Waals surface area contributed by atoms with Gasteiger partial charge in [-0.15, -0.1) is 11.6 Å². The van der Waals surface area contributed by atoms with Crippen LogP contribution in [0.4, 0.5) is 21.0 Å². The highest BCUT2D eigenvalue weighted by Gasteiger charge is 2.45. The van der Waals surface area contributed by atoms with Gasteiger partial charge in [0.1, 0.15) is 17.4 Å². The number of unbranched alkanes of at least 4 members (excludes halogenated alkanes) is 2. The van der Waals surface area contributed by atoms with E-state index in [1.54, 1.807) is 34.2 Å². The lowest BCUT2D eigenvalue weighted by Gasteiger charge is -2.32. The van der Waals surface area contributed by atoms with Crippen molar-refractivity contribution in [1.82, 2.24) is 14.8 Å². The predicted molar refractivity (Wildman–Crippen MR) is 257 cm³/mol. The SMILES string of the molecule is CCN(C)CC.COc1cc2c(cc1OCCCCCC(=O)N1C[C@@H](CCl)c3c1cc(OC(N)=O)c1ccccc31)N(C(=O)OCC(C)SSc1ccccn1)C(O)[C@@H]1CCCN1C2=O. The van der Waals surface area contributed by atoms with Crippen LogP contribution in [0.15, 0.2) is 71.9 Å². The average molecular weight is 952 g/mol. The first-order valence-corrected chi connectivity index (χ1v) is 24.8. The largest absolute Gasteiger partial charge is 0.493 e. The summed E-state index contributed by atoms with van der Waals surface area (Å²) >= 11 is 6.40. The summed E-state index contributed by atoms with van der Waals surface area (Å²) in [5.74, 6) is 0.703. The molecule has 3 aliphatic rings. The zero-order valence-electron chi connectivity index (χ0n) is 37.6. The molecule has 0 bridgehead atoms. The van der Waals surface area contributed by atoms with Crippen molar-refractivity contribution in [3.05, 3.63) is 78.0 Å². The summed E-state index contributed by atoms with van der Waals surface area (Å²) in [4.78, 5) is 64.1. The lowest BCUT2D eigenvalue weighted by atomic mass is 9.95. The number of nitrogens with two attached hydrogens (primary N) is 1. The molecular weight excluding hydrogens is 892 g/mol. The van der Waals surface area contributed by atoms with Gasteiger partial charge in [0.25, 0.3) is 5.91 Å². The summed E-state index contributed by atoms with van der Waals surface area (Å²) in [6.45, 7) is 9.74. The number of aliphatic hydroxyl groups excluding tert-OH is 1. The Morgan fingerprint density at radius 1 is 1.00 bits per heavy atom. The van der Waals surface area contributed by atoms with E-state index in [0.29, 0.717) is 73.6 Å². The second kappa shape index (κ2) is 23.5. The van der Waals surface area contributed by atoms with Crippen molar-refractivity contribution in [1.29, 1.82) is 0 Å². The standard InChI is InChI=1S/C42H46ClN5O9S2.C5H13N/c1-25(58-59-36-14-7-8-16-45-36)24-56-42(53)48-31-20-35(34(54-2)19-29(31)39(50)46-17-10-13-30(46)40(48)51)55-18-9-3-4-15-37(49)47-23-26(22-43)38-28-12-6-5-11-27(28)33(21-32(38)47)57-41(44)52;1-4-6(3)5-2/h5-8,11-12,14,16,19-21,25-26,30,40,51H,3-4,9-10,13,15,17-18,22-24H2,1-2H3,(H2,44,52);4-5H2,1-3H3/t25?,26-,30+,40?;/m1./s1. The molecule has 0 saturated carbocycles. The number of fused-ring (bicyclic) bond motifs is 5. The van der Waals surface area contributed by atoms with Gasteiger partial charge < -0.3 is 44.5 Å². The summed E-state index contributed by atoms with van der Waals surface area (Å²) in [7, 11) is 6.57. The smallest absolute Gasteiger partial charge is 0.416 e. The molecule has 4 amide bonds. The Labute approximate surface area is 393 Å². The number of benzene rings is 3. The number of pyridine rings is 1. The fourth-order valence-electron chi connectivity index (χ4n) is 8.10. The number of alkyl halides is 1. The lowest BCUT2D eigenvalue weighted by molar-refractivity contribution is -0.118. The molecule has 4 atom stereocenters. The number of ether oxygens (including phenoxy) is 4. The van der Waals surface area contributed by atoms with Gasteiger partial charge in [0.05, 0.1) is 36.7 Å². The van der Waals surface area contributed by atoms with Crippen LogP contribution in [0, 0.1) is 0 Å². The van der Waals surface area contributed by atoms with E-state index in [9.17, 15) is 24.3 Å². The lowest BCUT2D eigenvalue weighted by Crippen LogP contribution is -2.51. The number of aromatic nitrogens is 1. The van der Waals surface area contributed by atoms with Gasteiger partial charge in [-0.2, -0.15) is 0 Å². The van der Waals surface area contributed by atoms with E-state index in [1.807, 2.05) is 49.4 Å². The minimum Gasteiger partial charge on any atom is -0.493 e. The molecule has 4 heterocycles. The molecule has 3 N–H and O–H groups in total. The van der Waals surface area contributed by atoms with E-state index in [2.05, 4.69) is 30.8 Å². The van der Waals surface area contributed by atoms with Crippen LogP contribution in [-0.4, -0.2) is 121 Å². The molecule has 18 heteroatoms. The van der Waals surface area contributed by atoms with Crippen LogP contribution in [0.25, 0.3) is 10.8 Å². The number of halogens is 1. The fraction of sp³-hybridized carbons (Fsp3) is 0.468. The van der Waals surface area contributed by atoms with Crippen LogP contribution in [0.2, 0.25) is 0 Å². The Bertz CT molecular complexity index is 2290. The van der Waals surface area contributed by atoms with E-state index < -0.39 is 24.5 Å².